The molecular formula is C12H14N2O2. The smallest absolute Gasteiger partial charge is 0.320 e. The minimum Gasteiger partial charge on any atom is -0.480 e. The molecule has 0 aliphatic rings. The summed E-state index contributed by atoms with van der Waals surface area (Å²) in [7, 11) is 0. The van der Waals surface area contributed by atoms with Gasteiger partial charge in [-0.1, -0.05) is 18.2 Å². The van der Waals surface area contributed by atoms with Gasteiger partial charge in [-0.3, -0.25) is 4.79 Å². The SMILES string of the molecule is Cc1cccc2c(CC(N)C(=O)O)c[nH]c12. The number of hydrogen-bond acceptors (Lipinski definition) is 2. The molecule has 0 aliphatic heterocycles. The molecule has 0 radical (unpaired) electrons. The number of carboxylic acids is 1. The van der Waals surface area contributed by atoms with E-state index >= 15 is 0 Å². The van der Waals surface area contributed by atoms with Crippen LogP contribution in [0.15, 0.2) is 24.4 Å². The summed E-state index contributed by atoms with van der Waals surface area (Å²) in [6.45, 7) is 2.01. The van der Waals surface area contributed by atoms with Crippen LogP contribution in [0, 0.1) is 6.92 Å². The summed E-state index contributed by atoms with van der Waals surface area (Å²) < 4.78 is 0. The average Bonchev–Trinajstić information content (AvgIpc) is 2.63. The molecule has 0 saturated carbocycles. The van der Waals surface area contributed by atoms with Gasteiger partial charge in [0, 0.05) is 23.5 Å². The molecule has 16 heavy (non-hydrogen) atoms. The number of para-hydroxylation sites is 1. The van der Waals surface area contributed by atoms with Crippen LogP contribution in [-0.2, 0) is 11.2 Å². The number of benzene rings is 1. The Morgan fingerprint density at radius 2 is 2.31 bits per heavy atom. The number of nitrogens with one attached hydrogen (secondary N) is 1. The van der Waals surface area contributed by atoms with Gasteiger partial charge in [0.25, 0.3) is 0 Å². The number of aliphatic carboxylic acids is 1. The quantitative estimate of drug-likeness (QED) is 0.729. The van der Waals surface area contributed by atoms with Crippen molar-refractivity contribution in [2.75, 3.05) is 0 Å². The third kappa shape index (κ3) is 1.79. The molecule has 0 aliphatic carbocycles. The van der Waals surface area contributed by atoms with E-state index in [1.165, 1.54) is 0 Å². The number of aryl methyl sites for hydroxylation is 1. The Bertz CT molecular complexity index is 531. The highest BCUT2D eigenvalue weighted by Gasteiger charge is 2.14. The molecule has 1 unspecified atom stereocenters. The minimum absolute atomic E-state index is 0.346. The van der Waals surface area contributed by atoms with Crippen LogP contribution in [0.4, 0.5) is 0 Å². The van der Waals surface area contributed by atoms with Gasteiger partial charge in [0.2, 0.25) is 0 Å². The predicted octanol–water partition coefficient (Wildman–Crippen LogP) is 1.43. The number of carboxylic acid groups (broad SMARTS) is 1. The second-order valence-corrected chi connectivity index (χ2v) is 3.96. The first-order valence-electron chi connectivity index (χ1n) is 5.13. The van der Waals surface area contributed by atoms with Gasteiger partial charge < -0.3 is 15.8 Å². The van der Waals surface area contributed by atoms with E-state index < -0.39 is 12.0 Å². The van der Waals surface area contributed by atoms with E-state index in [2.05, 4.69) is 4.98 Å². The first kappa shape index (κ1) is 10.7. The molecule has 0 bridgehead atoms. The van der Waals surface area contributed by atoms with E-state index in [1.54, 1.807) is 0 Å². The summed E-state index contributed by atoms with van der Waals surface area (Å²) in [6.07, 6.45) is 2.18. The number of aromatic amines is 1. The van der Waals surface area contributed by atoms with Gasteiger partial charge in [-0.2, -0.15) is 0 Å². The van der Waals surface area contributed by atoms with Gasteiger partial charge in [0.1, 0.15) is 6.04 Å². The maximum atomic E-state index is 10.7. The molecule has 4 nitrogen and oxygen atoms in total. The second-order valence-electron chi connectivity index (χ2n) is 3.96. The summed E-state index contributed by atoms with van der Waals surface area (Å²) in [6, 6.07) is 5.10. The van der Waals surface area contributed by atoms with Crippen LogP contribution in [-0.4, -0.2) is 22.1 Å². The maximum absolute atomic E-state index is 10.7. The molecule has 1 aromatic carbocycles. The zero-order chi connectivity index (χ0) is 11.7. The van der Waals surface area contributed by atoms with Crippen LogP contribution in [0.1, 0.15) is 11.1 Å². The first-order valence-corrected chi connectivity index (χ1v) is 5.13. The number of fused-ring (bicyclic) bond motifs is 1. The normalized spacial score (nSPS) is 12.9. The second kappa shape index (κ2) is 3.98. The van der Waals surface area contributed by atoms with Crippen molar-refractivity contribution in [3.63, 3.8) is 0 Å². The topological polar surface area (TPSA) is 79.1 Å². The number of H-pyrrole nitrogens is 1. The van der Waals surface area contributed by atoms with Gasteiger partial charge >= 0.3 is 5.97 Å². The van der Waals surface area contributed by atoms with E-state index in [-0.39, 0.29) is 0 Å². The van der Waals surface area contributed by atoms with Crippen molar-refractivity contribution in [2.24, 2.45) is 5.73 Å². The summed E-state index contributed by atoms with van der Waals surface area (Å²) in [5.74, 6) is -0.970. The molecule has 4 N–H and O–H groups in total. The summed E-state index contributed by atoms with van der Waals surface area (Å²) >= 11 is 0. The fourth-order valence-electron chi connectivity index (χ4n) is 1.86. The zero-order valence-corrected chi connectivity index (χ0v) is 9.03. The van der Waals surface area contributed by atoms with Gasteiger partial charge in [0.05, 0.1) is 0 Å². The lowest BCUT2D eigenvalue weighted by atomic mass is 10.0. The molecule has 0 spiro atoms. The fraction of sp³-hybridized carbons (Fsp3) is 0.250. The number of hydrogen-bond donors (Lipinski definition) is 3. The van der Waals surface area contributed by atoms with Crippen molar-refractivity contribution < 1.29 is 9.90 Å². The van der Waals surface area contributed by atoms with Gasteiger partial charge in [0.15, 0.2) is 0 Å². The lowest BCUT2D eigenvalue weighted by Gasteiger charge is -2.04. The van der Waals surface area contributed by atoms with Crippen LogP contribution in [0.2, 0.25) is 0 Å². The number of carbonyl (C=O) groups is 1. The van der Waals surface area contributed by atoms with E-state index in [9.17, 15) is 4.79 Å². The standard InChI is InChI=1S/C12H14N2O2/c1-7-3-2-4-9-8(6-14-11(7)9)5-10(13)12(15)16/h2-4,6,10,14H,5,13H2,1H3,(H,15,16). The van der Waals surface area contributed by atoms with Crippen molar-refractivity contribution in [1.29, 1.82) is 0 Å². The molecule has 2 rings (SSSR count). The maximum Gasteiger partial charge on any atom is 0.320 e. The molecule has 2 aromatic rings. The summed E-state index contributed by atoms with van der Waals surface area (Å²) in [5.41, 5.74) is 8.67. The van der Waals surface area contributed by atoms with Crippen LogP contribution in [0.5, 0.6) is 0 Å². The van der Waals surface area contributed by atoms with Crippen molar-refractivity contribution in [3.8, 4) is 0 Å². The minimum atomic E-state index is -0.970. The molecule has 1 aromatic heterocycles. The van der Waals surface area contributed by atoms with E-state index in [1.807, 2.05) is 31.3 Å². The molecule has 0 saturated heterocycles. The Balaban J connectivity index is 2.39. The van der Waals surface area contributed by atoms with Crippen molar-refractivity contribution in [1.82, 2.24) is 4.98 Å². The first-order chi connectivity index (χ1) is 7.59. The Labute approximate surface area is 93.1 Å². The zero-order valence-electron chi connectivity index (χ0n) is 9.03. The van der Waals surface area contributed by atoms with E-state index in [0.717, 1.165) is 22.0 Å². The summed E-state index contributed by atoms with van der Waals surface area (Å²) in [5, 5.41) is 9.82. The monoisotopic (exact) mass is 218 g/mol. The third-order valence-electron chi connectivity index (χ3n) is 2.77. The van der Waals surface area contributed by atoms with Crippen molar-refractivity contribution in [3.05, 3.63) is 35.5 Å². The Morgan fingerprint density at radius 3 is 3.00 bits per heavy atom. The molecule has 0 fully saturated rings. The Morgan fingerprint density at radius 1 is 1.56 bits per heavy atom. The highest BCUT2D eigenvalue weighted by molar-refractivity contribution is 5.86. The molecule has 1 atom stereocenters. The lowest BCUT2D eigenvalue weighted by molar-refractivity contribution is -0.138. The lowest BCUT2D eigenvalue weighted by Crippen LogP contribution is -2.32. The molecule has 4 heteroatoms. The van der Waals surface area contributed by atoms with Gasteiger partial charge in [-0.05, 0) is 18.1 Å². The third-order valence-corrected chi connectivity index (χ3v) is 2.77. The van der Waals surface area contributed by atoms with Crippen LogP contribution < -0.4 is 5.73 Å². The van der Waals surface area contributed by atoms with Gasteiger partial charge in [-0.25, -0.2) is 0 Å². The number of aromatic nitrogens is 1. The van der Waals surface area contributed by atoms with E-state index in [4.69, 9.17) is 10.8 Å². The van der Waals surface area contributed by atoms with Gasteiger partial charge in [-0.15, -0.1) is 0 Å². The van der Waals surface area contributed by atoms with Crippen LogP contribution >= 0.6 is 0 Å². The highest BCUT2D eigenvalue weighted by Crippen LogP contribution is 2.21. The molecular weight excluding hydrogens is 204 g/mol. The largest absolute Gasteiger partial charge is 0.480 e. The highest BCUT2D eigenvalue weighted by atomic mass is 16.4. The molecule has 0 amide bonds. The Kier molecular flexibility index (Phi) is 2.66. The Hall–Kier alpha value is -1.81. The van der Waals surface area contributed by atoms with Crippen molar-refractivity contribution in [2.45, 2.75) is 19.4 Å². The number of rotatable bonds is 3. The number of nitrogens with two attached hydrogens (primary N) is 1. The van der Waals surface area contributed by atoms with Crippen LogP contribution in [0.3, 0.4) is 0 Å². The van der Waals surface area contributed by atoms with E-state index in [0.29, 0.717) is 6.42 Å². The molecule has 84 valence electrons. The summed E-state index contributed by atoms with van der Waals surface area (Å²) in [4.78, 5) is 13.8. The van der Waals surface area contributed by atoms with Crippen LogP contribution in [0.25, 0.3) is 10.9 Å². The van der Waals surface area contributed by atoms with Crippen molar-refractivity contribution >= 4 is 16.9 Å². The molecule has 1 heterocycles. The predicted molar refractivity (Wildman–Crippen MR) is 62.4 cm³/mol. The fourth-order valence-corrected chi connectivity index (χ4v) is 1.86. The average molecular weight is 218 g/mol.